The zero-order valence-corrected chi connectivity index (χ0v) is 12.5. The average Bonchev–Trinajstić information content (AvgIpc) is 2.94. The van der Waals surface area contributed by atoms with Crippen molar-refractivity contribution in [3.8, 4) is 5.75 Å². The van der Waals surface area contributed by atoms with Crippen LogP contribution in [0.25, 0.3) is 21.9 Å². The lowest BCUT2D eigenvalue weighted by molar-refractivity contribution is -0.137. The van der Waals surface area contributed by atoms with Gasteiger partial charge < -0.3 is 13.9 Å². The molecule has 0 aliphatic heterocycles. The summed E-state index contributed by atoms with van der Waals surface area (Å²) in [5.41, 5.74) is 0.373. The number of esters is 1. The van der Waals surface area contributed by atoms with Gasteiger partial charge in [-0.2, -0.15) is 8.78 Å². The van der Waals surface area contributed by atoms with Crippen LogP contribution in [0.4, 0.5) is 8.78 Å². The molecule has 3 aromatic rings. The van der Waals surface area contributed by atoms with Crippen LogP contribution in [0.15, 0.2) is 40.8 Å². The van der Waals surface area contributed by atoms with Crippen molar-refractivity contribution in [3.05, 3.63) is 42.0 Å². The van der Waals surface area contributed by atoms with Crippen molar-refractivity contribution in [1.29, 1.82) is 0 Å². The maximum atomic E-state index is 12.6. The Labute approximate surface area is 134 Å². The number of Topliss-reactive ketones (excluding diaryl/α,β-unsaturated/α-hetero) is 1. The van der Waals surface area contributed by atoms with E-state index in [0.717, 1.165) is 0 Å². The van der Waals surface area contributed by atoms with Gasteiger partial charge >= 0.3 is 12.6 Å². The van der Waals surface area contributed by atoms with E-state index in [-0.39, 0.29) is 28.9 Å². The lowest BCUT2D eigenvalue weighted by Crippen LogP contribution is -2.17. The van der Waals surface area contributed by atoms with Crippen LogP contribution in [-0.2, 0) is 9.53 Å². The Bertz CT molecular complexity index is 929. The summed E-state index contributed by atoms with van der Waals surface area (Å²) >= 11 is 0. The van der Waals surface area contributed by atoms with Crippen LogP contribution in [0.1, 0.15) is 17.3 Å². The number of alkyl halides is 2. The minimum Gasteiger partial charge on any atom is -0.460 e. The maximum Gasteiger partial charge on any atom is 0.387 e. The summed E-state index contributed by atoms with van der Waals surface area (Å²) in [6.07, 6.45) is 0. The summed E-state index contributed by atoms with van der Waals surface area (Å²) < 4.78 is 39.9. The second-order valence-electron chi connectivity index (χ2n) is 4.84. The summed E-state index contributed by atoms with van der Waals surface area (Å²) in [6, 6.07) is 9.11. The molecule has 1 aromatic heterocycles. The highest BCUT2D eigenvalue weighted by Gasteiger charge is 2.25. The first-order valence-electron chi connectivity index (χ1n) is 7.13. The standard InChI is InChI=1S/C17H12F2O5/c1-2-22-16(21)14(20)10-7-8-12(24-17(18)19)15-13(10)9-5-3-4-6-11(9)23-15/h3-8,17H,2H2,1H3. The Kier molecular flexibility index (Phi) is 4.16. The molecular formula is C17H12F2O5. The minimum absolute atomic E-state index is 0.00927. The van der Waals surface area contributed by atoms with E-state index >= 15 is 0 Å². The Morgan fingerprint density at radius 3 is 2.62 bits per heavy atom. The molecule has 5 nitrogen and oxygen atoms in total. The van der Waals surface area contributed by atoms with Gasteiger partial charge in [-0.25, -0.2) is 4.79 Å². The quantitative estimate of drug-likeness (QED) is 0.402. The van der Waals surface area contributed by atoms with E-state index in [9.17, 15) is 18.4 Å². The molecule has 124 valence electrons. The van der Waals surface area contributed by atoms with Crippen molar-refractivity contribution < 1.29 is 32.3 Å². The highest BCUT2D eigenvalue weighted by atomic mass is 19.3. The third-order valence-electron chi connectivity index (χ3n) is 3.41. The number of furan rings is 1. The number of rotatable bonds is 5. The fourth-order valence-corrected chi connectivity index (χ4v) is 2.49. The molecule has 0 aliphatic carbocycles. The Morgan fingerprint density at radius 1 is 1.17 bits per heavy atom. The summed E-state index contributed by atoms with van der Waals surface area (Å²) in [4.78, 5) is 24.1. The smallest absolute Gasteiger partial charge is 0.387 e. The van der Waals surface area contributed by atoms with E-state index in [2.05, 4.69) is 4.74 Å². The Hall–Kier alpha value is -2.96. The molecule has 24 heavy (non-hydrogen) atoms. The van der Waals surface area contributed by atoms with Gasteiger partial charge in [-0.3, -0.25) is 4.79 Å². The zero-order chi connectivity index (χ0) is 17.3. The SMILES string of the molecule is CCOC(=O)C(=O)c1ccc(OC(F)F)c2oc3ccccc3c12. The lowest BCUT2D eigenvalue weighted by Gasteiger charge is -2.07. The number of carbonyl (C=O) groups is 2. The van der Waals surface area contributed by atoms with Gasteiger partial charge in [0.1, 0.15) is 5.58 Å². The maximum absolute atomic E-state index is 12.6. The Balaban J connectivity index is 2.27. The normalized spacial score (nSPS) is 11.2. The molecule has 0 N–H and O–H groups in total. The van der Waals surface area contributed by atoms with Gasteiger partial charge in [0, 0.05) is 16.3 Å². The predicted molar refractivity (Wildman–Crippen MR) is 81.3 cm³/mol. The molecular weight excluding hydrogens is 322 g/mol. The predicted octanol–water partition coefficient (Wildman–Crippen LogP) is 3.93. The van der Waals surface area contributed by atoms with Crippen LogP contribution in [0, 0.1) is 0 Å². The first-order chi connectivity index (χ1) is 11.5. The number of hydrogen-bond acceptors (Lipinski definition) is 5. The number of ketones is 1. The van der Waals surface area contributed by atoms with Crippen LogP contribution in [0.5, 0.6) is 5.75 Å². The van der Waals surface area contributed by atoms with Gasteiger partial charge in [0.2, 0.25) is 0 Å². The molecule has 0 amide bonds. The molecule has 1 heterocycles. The van der Waals surface area contributed by atoms with Crippen molar-refractivity contribution >= 4 is 33.7 Å². The number of para-hydroxylation sites is 1. The van der Waals surface area contributed by atoms with Crippen LogP contribution in [0.2, 0.25) is 0 Å². The van der Waals surface area contributed by atoms with Crippen molar-refractivity contribution in [2.24, 2.45) is 0 Å². The van der Waals surface area contributed by atoms with E-state index in [1.807, 2.05) is 0 Å². The average molecular weight is 334 g/mol. The third-order valence-corrected chi connectivity index (χ3v) is 3.41. The van der Waals surface area contributed by atoms with Gasteiger partial charge in [0.05, 0.1) is 6.61 Å². The highest BCUT2D eigenvalue weighted by Crippen LogP contribution is 2.37. The van der Waals surface area contributed by atoms with Crippen LogP contribution in [-0.4, -0.2) is 25.0 Å². The van der Waals surface area contributed by atoms with Crippen LogP contribution in [0.3, 0.4) is 0 Å². The molecule has 0 radical (unpaired) electrons. The number of benzene rings is 2. The molecule has 0 saturated carbocycles. The van der Waals surface area contributed by atoms with Crippen molar-refractivity contribution in [3.63, 3.8) is 0 Å². The van der Waals surface area contributed by atoms with E-state index in [1.165, 1.54) is 12.1 Å². The van der Waals surface area contributed by atoms with Gasteiger partial charge in [0.25, 0.3) is 5.78 Å². The summed E-state index contributed by atoms with van der Waals surface area (Å²) in [6.45, 7) is -1.42. The third kappa shape index (κ3) is 2.68. The molecule has 0 atom stereocenters. The molecule has 2 aromatic carbocycles. The molecule has 3 rings (SSSR count). The Morgan fingerprint density at radius 2 is 1.92 bits per heavy atom. The topological polar surface area (TPSA) is 65.7 Å². The van der Waals surface area contributed by atoms with Gasteiger partial charge in [-0.05, 0) is 25.1 Å². The summed E-state index contributed by atoms with van der Waals surface area (Å²) in [5, 5.41) is 0.752. The van der Waals surface area contributed by atoms with Crippen molar-refractivity contribution in [1.82, 2.24) is 0 Å². The number of ether oxygens (including phenoxy) is 2. The zero-order valence-electron chi connectivity index (χ0n) is 12.5. The summed E-state index contributed by atoms with van der Waals surface area (Å²) in [7, 11) is 0. The van der Waals surface area contributed by atoms with Crippen molar-refractivity contribution in [2.45, 2.75) is 13.5 Å². The van der Waals surface area contributed by atoms with Gasteiger partial charge in [-0.15, -0.1) is 0 Å². The second kappa shape index (κ2) is 6.27. The molecule has 0 unspecified atom stereocenters. The molecule has 0 fully saturated rings. The van der Waals surface area contributed by atoms with Crippen molar-refractivity contribution in [2.75, 3.05) is 6.61 Å². The highest BCUT2D eigenvalue weighted by molar-refractivity contribution is 6.44. The molecule has 0 saturated heterocycles. The lowest BCUT2D eigenvalue weighted by atomic mass is 10.0. The fourth-order valence-electron chi connectivity index (χ4n) is 2.49. The first-order valence-corrected chi connectivity index (χ1v) is 7.13. The summed E-state index contributed by atoms with van der Waals surface area (Å²) in [5.74, 6) is -2.11. The number of fused-ring (bicyclic) bond motifs is 3. The van der Waals surface area contributed by atoms with Crippen LogP contribution >= 0.6 is 0 Å². The molecule has 7 heteroatoms. The molecule has 0 bridgehead atoms. The second-order valence-corrected chi connectivity index (χ2v) is 4.84. The van der Waals surface area contributed by atoms with E-state index in [4.69, 9.17) is 9.15 Å². The number of halogens is 2. The van der Waals surface area contributed by atoms with Gasteiger partial charge in [0.15, 0.2) is 11.3 Å². The van der Waals surface area contributed by atoms with Gasteiger partial charge in [-0.1, -0.05) is 18.2 Å². The van der Waals surface area contributed by atoms with Crippen LogP contribution < -0.4 is 4.74 Å². The number of carbonyl (C=O) groups excluding carboxylic acids is 2. The molecule has 0 aliphatic rings. The molecule has 0 spiro atoms. The van der Waals surface area contributed by atoms with E-state index in [0.29, 0.717) is 11.0 Å². The minimum atomic E-state index is -3.05. The van der Waals surface area contributed by atoms with E-state index in [1.54, 1.807) is 31.2 Å². The van der Waals surface area contributed by atoms with E-state index < -0.39 is 18.4 Å². The first kappa shape index (κ1) is 15.9. The largest absolute Gasteiger partial charge is 0.460 e. The fraction of sp³-hybridized carbons (Fsp3) is 0.176. The number of hydrogen-bond donors (Lipinski definition) is 0. The monoisotopic (exact) mass is 334 g/mol.